The lowest BCUT2D eigenvalue weighted by Crippen LogP contribution is -2.07. The predicted molar refractivity (Wildman–Crippen MR) is 65.4 cm³/mol. The molecule has 0 saturated heterocycles. The predicted octanol–water partition coefficient (Wildman–Crippen LogP) is 4.57. The lowest BCUT2D eigenvalue weighted by molar-refractivity contribution is -0.135. The van der Waals surface area contributed by atoms with Gasteiger partial charge in [-0.15, -0.1) is 0 Å². The van der Waals surface area contributed by atoms with E-state index in [9.17, 15) is 17.6 Å². The molecule has 0 aliphatic carbocycles. The third-order valence-electron chi connectivity index (χ3n) is 2.90. The van der Waals surface area contributed by atoms with Gasteiger partial charge in [0.2, 0.25) is 0 Å². The van der Waals surface area contributed by atoms with Crippen LogP contribution in [0.1, 0.15) is 24.1 Å². The quantitative estimate of drug-likeness (QED) is 0.745. The van der Waals surface area contributed by atoms with Crippen LogP contribution < -0.4 is 0 Å². The average molecular weight is 271 g/mol. The van der Waals surface area contributed by atoms with Gasteiger partial charge in [-0.1, -0.05) is 6.07 Å². The highest BCUT2D eigenvalue weighted by Gasteiger charge is 2.26. The standard InChI is InChI=1S/C14H13F4N/c1-9-8-10(4-3-7-14(16,17)18)13-11(15)5-2-6-12(13)19-9/h2,5-6,8H,3-4,7H2,1H3. The molecule has 1 nitrogen and oxygen atoms in total. The van der Waals surface area contributed by atoms with E-state index in [1.807, 2.05) is 0 Å². The Morgan fingerprint density at radius 1 is 1.21 bits per heavy atom. The van der Waals surface area contributed by atoms with Crippen molar-refractivity contribution in [2.24, 2.45) is 0 Å². The Balaban J connectivity index is 2.31. The first-order valence-corrected chi connectivity index (χ1v) is 5.98. The molecular formula is C14H13F4N. The summed E-state index contributed by atoms with van der Waals surface area (Å²) in [6, 6.07) is 6.16. The van der Waals surface area contributed by atoms with Crippen molar-refractivity contribution in [3.05, 3.63) is 41.3 Å². The fourth-order valence-electron chi connectivity index (χ4n) is 2.15. The third-order valence-corrected chi connectivity index (χ3v) is 2.90. The number of hydrogen-bond donors (Lipinski definition) is 0. The molecule has 0 saturated carbocycles. The highest BCUT2D eigenvalue weighted by atomic mass is 19.4. The number of aromatic nitrogens is 1. The molecule has 0 radical (unpaired) electrons. The van der Waals surface area contributed by atoms with Gasteiger partial charge in [-0.2, -0.15) is 13.2 Å². The van der Waals surface area contributed by atoms with Gasteiger partial charge in [0.1, 0.15) is 5.82 Å². The first-order chi connectivity index (χ1) is 8.87. The summed E-state index contributed by atoms with van der Waals surface area (Å²) >= 11 is 0. The van der Waals surface area contributed by atoms with Crippen LogP contribution in [0.15, 0.2) is 24.3 Å². The summed E-state index contributed by atoms with van der Waals surface area (Å²) in [5.74, 6) is -0.438. The second-order valence-corrected chi connectivity index (χ2v) is 4.53. The molecule has 2 rings (SSSR count). The first kappa shape index (κ1) is 13.8. The van der Waals surface area contributed by atoms with Gasteiger partial charge in [-0.3, -0.25) is 4.98 Å². The maximum absolute atomic E-state index is 13.8. The number of benzene rings is 1. The largest absolute Gasteiger partial charge is 0.389 e. The molecule has 0 N–H and O–H groups in total. The zero-order valence-corrected chi connectivity index (χ0v) is 10.4. The van der Waals surface area contributed by atoms with Crippen LogP contribution >= 0.6 is 0 Å². The van der Waals surface area contributed by atoms with Crippen LogP contribution in [0.4, 0.5) is 17.6 Å². The van der Waals surface area contributed by atoms with E-state index in [0.717, 1.165) is 0 Å². The summed E-state index contributed by atoms with van der Waals surface area (Å²) in [4.78, 5) is 4.19. The van der Waals surface area contributed by atoms with Crippen molar-refractivity contribution in [1.82, 2.24) is 4.98 Å². The van der Waals surface area contributed by atoms with E-state index >= 15 is 0 Å². The normalized spacial score (nSPS) is 12.1. The monoisotopic (exact) mass is 271 g/mol. The van der Waals surface area contributed by atoms with Crippen molar-refractivity contribution in [1.29, 1.82) is 0 Å². The molecule has 0 unspecified atom stereocenters. The molecule has 2 aromatic rings. The van der Waals surface area contributed by atoms with E-state index in [0.29, 0.717) is 22.2 Å². The van der Waals surface area contributed by atoms with Crippen LogP contribution in [0.5, 0.6) is 0 Å². The molecule has 1 aromatic carbocycles. The van der Waals surface area contributed by atoms with Gasteiger partial charge in [-0.25, -0.2) is 4.39 Å². The zero-order valence-electron chi connectivity index (χ0n) is 10.4. The second-order valence-electron chi connectivity index (χ2n) is 4.53. The second kappa shape index (κ2) is 5.15. The third kappa shape index (κ3) is 3.43. The number of nitrogens with zero attached hydrogens (tertiary/aromatic N) is 1. The van der Waals surface area contributed by atoms with E-state index in [1.54, 1.807) is 25.1 Å². The number of hydrogen-bond acceptors (Lipinski definition) is 1. The smallest absolute Gasteiger partial charge is 0.253 e. The molecule has 0 amide bonds. The molecule has 0 fully saturated rings. The Morgan fingerprint density at radius 3 is 2.63 bits per heavy atom. The molecule has 0 atom stereocenters. The van der Waals surface area contributed by atoms with Crippen molar-refractivity contribution in [3.63, 3.8) is 0 Å². The molecule has 102 valence electrons. The van der Waals surface area contributed by atoms with Crippen molar-refractivity contribution in [2.45, 2.75) is 32.4 Å². The maximum Gasteiger partial charge on any atom is 0.389 e. The number of pyridine rings is 1. The number of aryl methyl sites for hydroxylation is 2. The van der Waals surface area contributed by atoms with Gasteiger partial charge in [0, 0.05) is 17.5 Å². The Hall–Kier alpha value is -1.65. The number of rotatable bonds is 3. The average Bonchev–Trinajstić information content (AvgIpc) is 2.26. The lowest BCUT2D eigenvalue weighted by Gasteiger charge is -2.10. The van der Waals surface area contributed by atoms with Crippen LogP contribution in [0.25, 0.3) is 10.9 Å². The van der Waals surface area contributed by atoms with Crippen LogP contribution in [0, 0.1) is 12.7 Å². The van der Waals surface area contributed by atoms with E-state index in [2.05, 4.69) is 4.98 Å². The Morgan fingerprint density at radius 2 is 1.95 bits per heavy atom. The number of halogens is 4. The molecular weight excluding hydrogens is 258 g/mol. The molecule has 0 aliphatic heterocycles. The Kier molecular flexibility index (Phi) is 3.73. The SMILES string of the molecule is Cc1cc(CCCC(F)(F)F)c2c(F)cccc2n1. The van der Waals surface area contributed by atoms with Gasteiger partial charge in [0.05, 0.1) is 5.52 Å². The summed E-state index contributed by atoms with van der Waals surface area (Å²) < 4.78 is 50.2. The number of alkyl halides is 3. The fraction of sp³-hybridized carbons (Fsp3) is 0.357. The first-order valence-electron chi connectivity index (χ1n) is 5.98. The summed E-state index contributed by atoms with van der Waals surface area (Å²) in [5.41, 5.74) is 1.76. The summed E-state index contributed by atoms with van der Waals surface area (Å²) in [7, 11) is 0. The molecule has 1 aromatic heterocycles. The topological polar surface area (TPSA) is 12.9 Å². The maximum atomic E-state index is 13.8. The Labute approximate surface area is 108 Å². The molecule has 0 aliphatic rings. The highest BCUT2D eigenvalue weighted by Crippen LogP contribution is 2.26. The summed E-state index contributed by atoms with van der Waals surface area (Å²) in [5, 5.41) is 0.329. The molecule has 0 spiro atoms. The van der Waals surface area contributed by atoms with Gasteiger partial charge in [0.25, 0.3) is 0 Å². The van der Waals surface area contributed by atoms with Crippen molar-refractivity contribution < 1.29 is 17.6 Å². The lowest BCUT2D eigenvalue weighted by atomic mass is 10.0. The van der Waals surface area contributed by atoms with E-state index in [4.69, 9.17) is 0 Å². The minimum atomic E-state index is -4.17. The van der Waals surface area contributed by atoms with Crippen molar-refractivity contribution in [2.75, 3.05) is 0 Å². The minimum Gasteiger partial charge on any atom is -0.253 e. The van der Waals surface area contributed by atoms with Crippen molar-refractivity contribution in [3.8, 4) is 0 Å². The van der Waals surface area contributed by atoms with Gasteiger partial charge >= 0.3 is 6.18 Å². The van der Waals surface area contributed by atoms with Crippen LogP contribution in [0.3, 0.4) is 0 Å². The van der Waals surface area contributed by atoms with Gasteiger partial charge in [0.15, 0.2) is 0 Å². The fourth-order valence-corrected chi connectivity index (χ4v) is 2.15. The van der Waals surface area contributed by atoms with E-state index < -0.39 is 18.4 Å². The zero-order chi connectivity index (χ0) is 14.0. The van der Waals surface area contributed by atoms with Crippen LogP contribution in [0.2, 0.25) is 0 Å². The van der Waals surface area contributed by atoms with Gasteiger partial charge in [-0.05, 0) is 43.5 Å². The van der Waals surface area contributed by atoms with E-state index in [-0.39, 0.29) is 12.8 Å². The van der Waals surface area contributed by atoms with Crippen molar-refractivity contribution >= 4 is 10.9 Å². The summed E-state index contributed by atoms with van der Waals surface area (Å²) in [6.45, 7) is 1.75. The van der Waals surface area contributed by atoms with E-state index in [1.165, 1.54) is 6.07 Å². The molecule has 0 bridgehead atoms. The number of fused-ring (bicyclic) bond motifs is 1. The van der Waals surface area contributed by atoms with Gasteiger partial charge < -0.3 is 0 Å². The minimum absolute atomic E-state index is 0.0453. The highest BCUT2D eigenvalue weighted by molar-refractivity contribution is 5.83. The summed E-state index contributed by atoms with van der Waals surface area (Å²) in [6.07, 6.45) is -4.88. The van der Waals surface area contributed by atoms with Crippen LogP contribution in [-0.2, 0) is 6.42 Å². The molecule has 5 heteroatoms. The Bertz CT molecular complexity index is 590. The molecule has 19 heavy (non-hydrogen) atoms. The van der Waals surface area contributed by atoms with Crippen LogP contribution in [-0.4, -0.2) is 11.2 Å². The molecule has 1 heterocycles.